The van der Waals surface area contributed by atoms with Crippen LogP contribution in [0.15, 0.2) is 60.9 Å². The van der Waals surface area contributed by atoms with Crippen molar-refractivity contribution in [2.75, 3.05) is 6.61 Å². The summed E-state index contributed by atoms with van der Waals surface area (Å²) < 4.78 is 1.84. The highest BCUT2D eigenvalue weighted by molar-refractivity contribution is 5.30. The van der Waals surface area contributed by atoms with E-state index in [1.807, 2.05) is 66.3 Å². The fourth-order valence-electron chi connectivity index (χ4n) is 2.89. The van der Waals surface area contributed by atoms with Crippen molar-refractivity contribution in [3.8, 4) is 5.82 Å². The second kappa shape index (κ2) is 7.38. The van der Waals surface area contributed by atoms with Gasteiger partial charge in [-0.1, -0.05) is 36.4 Å². The molecule has 0 saturated heterocycles. The summed E-state index contributed by atoms with van der Waals surface area (Å²) in [5.74, 6) is 0.801. The Balaban J connectivity index is 1.80. The van der Waals surface area contributed by atoms with E-state index in [0.717, 1.165) is 22.6 Å². The monoisotopic (exact) mass is 322 g/mol. The molecular formula is C19H22N4O. The average molecular weight is 322 g/mol. The first-order valence-electron chi connectivity index (χ1n) is 8.08. The molecule has 2 heterocycles. The molecule has 0 radical (unpaired) electrons. The van der Waals surface area contributed by atoms with Crippen LogP contribution < -0.4 is 5.32 Å². The van der Waals surface area contributed by atoms with Gasteiger partial charge >= 0.3 is 0 Å². The van der Waals surface area contributed by atoms with Gasteiger partial charge in [0.1, 0.15) is 0 Å². The molecule has 0 bridgehead atoms. The minimum Gasteiger partial charge on any atom is -0.394 e. The van der Waals surface area contributed by atoms with Gasteiger partial charge in [-0.3, -0.25) is 0 Å². The number of nitrogens with one attached hydrogen (secondary N) is 1. The first-order valence-corrected chi connectivity index (χ1v) is 8.08. The van der Waals surface area contributed by atoms with E-state index in [1.165, 1.54) is 0 Å². The van der Waals surface area contributed by atoms with Crippen molar-refractivity contribution in [1.82, 2.24) is 20.1 Å². The molecule has 2 aromatic heterocycles. The lowest BCUT2D eigenvalue weighted by molar-refractivity contribution is 0.235. The minimum atomic E-state index is -0.112. The highest BCUT2D eigenvalue weighted by Gasteiger charge is 2.18. The Morgan fingerprint density at radius 1 is 1.12 bits per heavy atom. The zero-order valence-corrected chi connectivity index (χ0v) is 13.9. The van der Waals surface area contributed by atoms with Crippen molar-refractivity contribution in [3.63, 3.8) is 0 Å². The number of hydrogen-bond acceptors (Lipinski definition) is 4. The molecule has 0 fully saturated rings. The van der Waals surface area contributed by atoms with E-state index in [0.29, 0.717) is 0 Å². The molecule has 0 saturated carbocycles. The third-order valence-corrected chi connectivity index (χ3v) is 4.22. The third kappa shape index (κ3) is 3.37. The molecule has 5 nitrogen and oxygen atoms in total. The first-order chi connectivity index (χ1) is 11.7. The van der Waals surface area contributed by atoms with Gasteiger partial charge in [0.05, 0.1) is 18.8 Å². The largest absolute Gasteiger partial charge is 0.394 e. The van der Waals surface area contributed by atoms with Crippen LogP contribution in [0.3, 0.4) is 0 Å². The van der Waals surface area contributed by atoms with Crippen LogP contribution in [0.2, 0.25) is 0 Å². The summed E-state index contributed by atoms with van der Waals surface area (Å²) >= 11 is 0. The fraction of sp³-hybridized carbons (Fsp3) is 0.263. The Kier molecular flexibility index (Phi) is 5.03. The molecule has 0 spiro atoms. The van der Waals surface area contributed by atoms with Gasteiger partial charge in [0, 0.05) is 23.5 Å². The molecule has 3 rings (SSSR count). The normalized spacial score (nSPS) is 13.6. The second-order valence-electron chi connectivity index (χ2n) is 5.82. The summed E-state index contributed by atoms with van der Waals surface area (Å²) in [5.41, 5.74) is 3.20. The SMILES string of the molecule is Cc1c(C(C)NC(CO)c2ccccc2)cnn1-c1ccccn1. The minimum absolute atomic E-state index is 0.0434. The van der Waals surface area contributed by atoms with Crippen molar-refractivity contribution in [2.24, 2.45) is 0 Å². The van der Waals surface area contributed by atoms with Crippen molar-refractivity contribution >= 4 is 0 Å². The molecule has 3 aromatic rings. The number of aromatic nitrogens is 3. The quantitative estimate of drug-likeness (QED) is 0.732. The fourth-order valence-corrected chi connectivity index (χ4v) is 2.89. The molecular weight excluding hydrogens is 300 g/mol. The predicted molar refractivity (Wildman–Crippen MR) is 93.9 cm³/mol. The van der Waals surface area contributed by atoms with Gasteiger partial charge < -0.3 is 10.4 Å². The van der Waals surface area contributed by atoms with Crippen molar-refractivity contribution in [2.45, 2.75) is 25.9 Å². The van der Waals surface area contributed by atoms with Gasteiger partial charge in [0.25, 0.3) is 0 Å². The smallest absolute Gasteiger partial charge is 0.153 e. The van der Waals surface area contributed by atoms with Crippen LogP contribution in [0.25, 0.3) is 5.82 Å². The third-order valence-electron chi connectivity index (χ3n) is 4.22. The topological polar surface area (TPSA) is 63.0 Å². The van der Waals surface area contributed by atoms with Crippen LogP contribution in [0.4, 0.5) is 0 Å². The van der Waals surface area contributed by atoms with Crippen molar-refractivity contribution in [1.29, 1.82) is 0 Å². The molecule has 1 aromatic carbocycles. The second-order valence-corrected chi connectivity index (χ2v) is 5.82. The van der Waals surface area contributed by atoms with Crippen LogP contribution in [0.5, 0.6) is 0 Å². The summed E-state index contributed by atoms with van der Waals surface area (Å²) in [4.78, 5) is 4.35. The summed E-state index contributed by atoms with van der Waals surface area (Å²) in [6, 6.07) is 15.7. The van der Waals surface area contributed by atoms with Crippen LogP contribution in [-0.4, -0.2) is 26.5 Å². The maximum Gasteiger partial charge on any atom is 0.153 e. The van der Waals surface area contributed by atoms with Crippen LogP contribution in [0.1, 0.15) is 35.8 Å². The number of aliphatic hydroxyl groups excluding tert-OH is 1. The lowest BCUT2D eigenvalue weighted by atomic mass is 10.0. The summed E-state index contributed by atoms with van der Waals surface area (Å²) in [7, 11) is 0. The van der Waals surface area contributed by atoms with Crippen LogP contribution >= 0.6 is 0 Å². The Bertz CT molecular complexity index is 771. The van der Waals surface area contributed by atoms with Crippen molar-refractivity contribution < 1.29 is 5.11 Å². The summed E-state index contributed by atoms with van der Waals surface area (Å²) in [6.07, 6.45) is 3.62. The standard InChI is InChI=1S/C19H22N4O/c1-14(22-18(13-24)16-8-4-3-5-9-16)17-12-21-23(15(17)2)19-10-6-7-11-20-19/h3-12,14,18,22,24H,13H2,1-2H3. The molecule has 2 unspecified atom stereocenters. The number of pyridine rings is 1. The van der Waals surface area contributed by atoms with Gasteiger partial charge in [-0.05, 0) is 31.5 Å². The number of aliphatic hydroxyl groups is 1. The lowest BCUT2D eigenvalue weighted by Crippen LogP contribution is -2.27. The van der Waals surface area contributed by atoms with Gasteiger partial charge in [-0.2, -0.15) is 5.10 Å². The highest BCUT2D eigenvalue weighted by atomic mass is 16.3. The predicted octanol–water partition coefficient (Wildman–Crippen LogP) is 2.96. The van der Waals surface area contributed by atoms with E-state index in [2.05, 4.69) is 22.3 Å². The first kappa shape index (κ1) is 16.4. The Hall–Kier alpha value is -2.50. The maximum atomic E-state index is 9.73. The van der Waals surface area contributed by atoms with E-state index >= 15 is 0 Å². The average Bonchev–Trinajstić information content (AvgIpc) is 3.02. The number of hydrogen-bond donors (Lipinski definition) is 2. The maximum absolute atomic E-state index is 9.73. The molecule has 2 atom stereocenters. The van der Waals surface area contributed by atoms with Crippen molar-refractivity contribution in [3.05, 3.63) is 77.7 Å². The molecule has 0 aliphatic rings. The van der Waals surface area contributed by atoms with Gasteiger partial charge in [0.15, 0.2) is 5.82 Å². The van der Waals surface area contributed by atoms with E-state index in [-0.39, 0.29) is 18.7 Å². The van der Waals surface area contributed by atoms with E-state index in [1.54, 1.807) is 6.20 Å². The molecule has 0 amide bonds. The Morgan fingerprint density at radius 3 is 2.54 bits per heavy atom. The van der Waals surface area contributed by atoms with Crippen LogP contribution in [0, 0.1) is 6.92 Å². The van der Waals surface area contributed by atoms with E-state index in [9.17, 15) is 5.11 Å². The molecule has 0 aliphatic carbocycles. The molecule has 124 valence electrons. The van der Waals surface area contributed by atoms with Gasteiger partial charge in [-0.15, -0.1) is 0 Å². The highest BCUT2D eigenvalue weighted by Crippen LogP contribution is 2.23. The lowest BCUT2D eigenvalue weighted by Gasteiger charge is -2.22. The van der Waals surface area contributed by atoms with E-state index < -0.39 is 0 Å². The van der Waals surface area contributed by atoms with Gasteiger partial charge in [-0.25, -0.2) is 9.67 Å². The molecule has 2 N–H and O–H groups in total. The zero-order chi connectivity index (χ0) is 16.9. The molecule has 24 heavy (non-hydrogen) atoms. The number of rotatable bonds is 6. The zero-order valence-electron chi connectivity index (χ0n) is 13.9. The number of nitrogens with zero attached hydrogens (tertiary/aromatic N) is 3. The Labute approximate surface area is 142 Å². The summed E-state index contributed by atoms with van der Waals surface area (Å²) in [6.45, 7) is 4.16. The summed E-state index contributed by atoms with van der Waals surface area (Å²) in [5, 5.41) is 17.7. The molecule has 5 heteroatoms. The van der Waals surface area contributed by atoms with E-state index in [4.69, 9.17) is 0 Å². The molecule has 0 aliphatic heterocycles. The number of benzene rings is 1. The van der Waals surface area contributed by atoms with Gasteiger partial charge in [0.2, 0.25) is 0 Å². The van der Waals surface area contributed by atoms with Crippen LogP contribution in [-0.2, 0) is 0 Å². The Morgan fingerprint density at radius 2 is 1.88 bits per heavy atom.